The van der Waals surface area contributed by atoms with Gasteiger partial charge in [-0.1, -0.05) is 24.6 Å². The molecule has 0 amide bonds. The van der Waals surface area contributed by atoms with Gasteiger partial charge in [-0.2, -0.15) is 0 Å². The van der Waals surface area contributed by atoms with Gasteiger partial charge in [0.15, 0.2) is 0 Å². The van der Waals surface area contributed by atoms with Crippen LogP contribution in [0.15, 0.2) is 0 Å². The molecule has 0 heterocycles. The lowest BCUT2D eigenvalue weighted by molar-refractivity contribution is -0.0328. The van der Waals surface area contributed by atoms with Crippen molar-refractivity contribution in [2.45, 2.75) is 38.2 Å². The fourth-order valence-corrected chi connectivity index (χ4v) is 2.61. The van der Waals surface area contributed by atoms with Gasteiger partial charge in [0.1, 0.15) is 4.93 Å². The zero-order valence-corrected chi connectivity index (χ0v) is 18.2. The Kier molecular flexibility index (Phi) is 19.1. The molecule has 0 fully saturated rings. The fraction of sp³-hybridized carbons (Fsp3) is 1.00. The summed E-state index contributed by atoms with van der Waals surface area (Å²) in [5.74, 6) is 0. The molecule has 7 nitrogen and oxygen atoms in total. The summed E-state index contributed by atoms with van der Waals surface area (Å²) in [6.45, 7) is 12.8. The van der Waals surface area contributed by atoms with E-state index < -0.39 is 4.93 Å². The summed E-state index contributed by atoms with van der Waals surface area (Å²) in [7, 11) is 1.38. The summed E-state index contributed by atoms with van der Waals surface area (Å²) in [5, 5.41) is 3.30. The highest BCUT2D eigenvalue weighted by Crippen LogP contribution is 2.32. The molecule has 158 valence electrons. The summed E-state index contributed by atoms with van der Waals surface area (Å²) in [6, 6.07) is 0.487. The van der Waals surface area contributed by atoms with Crippen molar-refractivity contribution in [2.75, 3.05) is 72.6 Å². The quantitative estimate of drug-likeness (QED) is 0.120. The predicted molar refractivity (Wildman–Crippen MR) is 111 cm³/mol. The monoisotopic (exact) mass is 414 g/mol. The van der Waals surface area contributed by atoms with Crippen molar-refractivity contribution in [3.63, 3.8) is 0 Å². The second-order valence-electron chi connectivity index (χ2n) is 6.17. The number of hydrogen-bond acceptors (Lipinski definition) is 9. The Morgan fingerprint density at radius 2 is 1.42 bits per heavy atom. The SMILES string of the molecule is CC(C)NCCOCCOCCC(C)(OCCOCCOCCN)SS. The molecule has 9 heteroatoms. The second-order valence-corrected chi connectivity index (χ2v) is 7.76. The third kappa shape index (κ3) is 17.8. The molecule has 0 aromatic rings. The molecule has 0 saturated heterocycles. The maximum Gasteiger partial charge on any atom is 0.122 e. The van der Waals surface area contributed by atoms with Crippen molar-refractivity contribution >= 4 is 22.5 Å². The minimum Gasteiger partial charge on any atom is -0.379 e. The third-order valence-corrected chi connectivity index (χ3v) is 5.20. The zero-order chi connectivity index (χ0) is 19.5. The van der Waals surface area contributed by atoms with E-state index in [9.17, 15) is 0 Å². The van der Waals surface area contributed by atoms with Gasteiger partial charge in [0.05, 0.1) is 59.5 Å². The van der Waals surface area contributed by atoms with Crippen LogP contribution in [-0.4, -0.2) is 83.5 Å². The Balaban J connectivity index is 3.51. The first-order valence-corrected chi connectivity index (χ1v) is 11.1. The van der Waals surface area contributed by atoms with Crippen LogP contribution in [0.1, 0.15) is 27.2 Å². The van der Waals surface area contributed by atoms with E-state index in [4.69, 9.17) is 29.4 Å². The maximum absolute atomic E-state index is 5.87. The molecule has 26 heavy (non-hydrogen) atoms. The molecule has 1 atom stereocenters. The lowest BCUT2D eigenvalue weighted by Crippen LogP contribution is -2.28. The van der Waals surface area contributed by atoms with Crippen LogP contribution < -0.4 is 11.1 Å². The molecule has 0 aliphatic rings. The fourth-order valence-electron chi connectivity index (χ4n) is 1.87. The van der Waals surface area contributed by atoms with E-state index >= 15 is 0 Å². The van der Waals surface area contributed by atoms with Gasteiger partial charge in [0, 0.05) is 25.6 Å². The van der Waals surface area contributed by atoms with Crippen LogP contribution >= 0.6 is 22.5 Å². The molecule has 0 aromatic heterocycles. The smallest absolute Gasteiger partial charge is 0.122 e. The predicted octanol–water partition coefficient (Wildman–Crippen LogP) is 1.71. The summed E-state index contributed by atoms with van der Waals surface area (Å²) in [4.78, 5) is -0.398. The second kappa shape index (κ2) is 18.8. The van der Waals surface area contributed by atoms with Crippen LogP contribution in [0.2, 0.25) is 0 Å². The number of thiol groups is 1. The van der Waals surface area contributed by atoms with E-state index in [1.165, 1.54) is 10.8 Å². The van der Waals surface area contributed by atoms with Crippen molar-refractivity contribution in [3.05, 3.63) is 0 Å². The Morgan fingerprint density at radius 3 is 2.00 bits per heavy atom. The van der Waals surface area contributed by atoms with Crippen LogP contribution in [0.4, 0.5) is 0 Å². The van der Waals surface area contributed by atoms with E-state index in [0.29, 0.717) is 72.0 Å². The first kappa shape index (κ1) is 26.4. The molecular formula is C17H38N2O5S2. The van der Waals surface area contributed by atoms with Gasteiger partial charge in [-0.3, -0.25) is 0 Å². The van der Waals surface area contributed by atoms with Crippen LogP contribution in [0.25, 0.3) is 0 Å². The van der Waals surface area contributed by atoms with E-state index in [1.54, 1.807) is 0 Å². The summed E-state index contributed by atoms with van der Waals surface area (Å²) < 4.78 is 27.7. The van der Waals surface area contributed by atoms with Crippen LogP contribution in [-0.2, 0) is 23.7 Å². The van der Waals surface area contributed by atoms with Gasteiger partial charge in [-0.15, -0.1) is 11.7 Å². The van der Waals surface area contributed by atoms with Gasteiger partial charge in [-0.25, -0.2) is 0 Å². The van der Waals surface area contributed by atoms with Crippen LogP contribution in [0.5, 0.6) is 0 Å². The molecule has 3 N–H and O–H groups in total. The topological polar surface area (TPSA) is 84.2 Å². The Bertz CT molecular complexity index is 304. The number of ether oxygens (including phenoxy) is 5. The highest BCUT2D eigenvalue weighted by atomic mass is 33.1. The largest absolute Gasteiger partial charge is 0.379 e. The van der Waals surface area contributed by atoms with E-state index in [1.807, 2.05) is 6.92 Å². The highest BCUT2D eigenvalue weighted by Gasteiger charge is 2.24. The van der Waals surface area contributed by atoms with E-state index in [-0.39, 0.29) is 0 Å². The van der Waals surface area contributed by atoms with Crippen molar-refractivity contribution in [2.24, 2.45) is 5.73 Å². The number of rotatable bonds is 20. The summed E-state index contributed by atoms with van der Waals surface area (Å²) in [6.07, 6.45) is 0.746. The number of nitrogens with two attached hydrogens (primary N) is 1. The van der Waals surface area contributed by atoms with Crippen molar-refractivity contribution < 1.29 is 23.7 Å². The molecule has 0 spiro atoms. The van der Waals surface area contributed by atoms with E-state index in [0.717, 1.165) is 13.0 Å². The molecule has 0 aliphatic carbocycles. The average Bonchev–Trinajstić information content (AvgIpc) is 2.62. The Labute approximate surface area is 168 Å². The minimum atomic E-state index is -0.398. The third-order valence-electron chi connectivity index (χ3n) is 3.33. The molecule has 0 aromatic carbocycles. The molecule has 1 unspecified atom stereocenters. The Morgan fingerprint density at radius 1 is 0.885 bits per heavy atom. The maximum atomic E-state index is 5.87. The highest BCUT2D eigenvalue weighted by molar-refractivity contribution is 8.69. The minimum absolute atomic E-state index is 0.398. The number of hydrogen-bond donors (Lipinski definition) is 3. The standard InChI is InChI=1S/C17H38N2O5S2/c1-16(2)19-6-9-22-12-10-20-7-4-17(3,26-25)24-15-14-23-13-11-21-8-5-18/h16,19,25H,4-15,18H2,1-3H3. The summed E-state index contributed by atoms with van der Waals surface area (Å²) >= 11 is 4.31. The molecule has 0 aliphatic heterocycles. The van der Waals surface area contributed by atoms with Crippen molar-refractivity contribution in [1.29, 1.82) is 0 Å². The lowest BCUT2D eigenvalue weighted by atomic mass is 10.3. The van der Waals surface area contributed by atoms with Gasteiger partial charge in [0.25, 0.3) is 0 Å². The van der Waals surface area contributed by atoms with Gasteiger partial charge < -0.3 is 34.7 Å². The molecule has 0 rings (SSSR count). The Hall–Kier alpha value is 0.420. The number of nitrogens with one attached hydrogen (secondary N) is 1. The van der Waals surface area contributed by atoms with Gasteiger partial charge in [0.2, 0.25) is 0 Å². The normalized spacial score (nSPS) is 14.1. The van der Waals surface area contributed by atoms with Crippen molar-refractivity contribution in [1.82, 2.24) is 5.32 Å². The zero-order valence-electron chi connectivity index (χ0n) is 16.5. The molecule has 0 radical (unpaired) electrons. The summed E-state index contributed by atoms with van der Waals surface area (Å²) in [5.41, 5.74) is 5.33. The lowest BCUT2D eigenvalue weighted by Gasteiger charge is -2.27. The van der Waals surface area contributed by atoms with Gasteiger partial charge in [-0.05, 0) is 6.92 Å². The first-order chi connectivity index (χ1) is 12.5. The molecule has 0 saturated carbocycles. The molecular weight excluding hydrogens is 376 g/mol. The van der Waals surface area contributed by atoms with Crippen LogP contribution in [0, 0.1) is 0 Å². The average molecular weight is 415 g/mol. The van der Waals surface area contributed by atoms with E-state index in [2.05, 4.69) is 30.8 Å². The van der Waals surface area contributed by atoms with Crippen LogP contribution in [0.3, 0.4) is 0 Å². The first-order valence-electron chi connectivity index (χ1n) is 9.25. The van der Waals surface area contributed by atoms with Gasteiger partial charge >= 0.3 is 0 Å². The van der Waals surface area contributed by atoms with Crippen molar-refractivity contribution in [3.8, 4) is 0 Å². The molecule has 0 bridgehead atoms.